The predicted molar refractivity (Wildman–Crippen MR) is 143 cm³/mol. The quantitative estimate of drug-likeness (QED) is 0.325. The number of rotatable bonds is 11. The first-order valence-corrected chi connectivity index (χ1v) is 12.7. The monoisotopic (exact) mass is 503 g/mol. The van der Waals surface area contributed by atoms with Crippen molar-refractivity contribution >= 4 is 5.91 Å². The number of amides is 1. The zero-order valence-corrected chi connectivity index (χ0v) is 22.1. The molecule has 0 radical (unpaired) electrons. The second kappa shape index (κ2) is 13.3. The summed E-state index contributed by atoms with van der Waals surface area (Å²) in [5.74, 6) is -1.03. The number of allylic oxidation sites excluding steroid dienone is 4. The molecule has 1 fully saturated rings. The molecule has 1 amide bonds. The first kappa shape index (κ1) is 29.9. The van der Waals surface area contributed by atoms with Crippen molar-refractivity contribution in [1.82, 2.24) is 10.6 Å². The Balaban J connectivity index is 2.28. The molecule has 36 heavy (non-hydrogen) atoms. The minimum atomic E-state index is -0.955. The molecule has 1 aromatic rings. The van der Waals surface area contributed by atoms with Crippen LogP contribution in [-0.4, -0.2) is 42.4 Å². The van der Waals surface area contributed by atoms with E-state index in [1.54, 1.807) is 0 Å². The Kier molecular flexibility index (Phi) is 11.0. The Morgan fingerprint density at radius 2 is 2.00 bits per heavy atom. The summed E-state index contributed by atoms with van der Waals surface area (Å²) in [6, 6.07) is 8.03. The normalized spacial score (nSPS) is 23.2. The van der Waals surface area contributed by atoms with E-state index in [0.717, 1.165) is 37.3 Å². The van der Waals surface area contributed by atoms with Gasteiger partial charge in [0.05, 0.1) is 12.1 Å². The molecule has 0 aliphatic heterocycles. The lowest BCUT2D eigenvalue weighted by Crippen LogP contribution is -2.53. The number of aliphatic hydroxyl groups is 1. The molecule has 0 heterocycles. The number of halogens is 2. The summed E-state index contributed by atoms with van der Waals surface area (Å²) < 4.78 is 26.3. The van der Waals surface area contributed by atoms with Gasteiger partial charge in [-0.15, -0.1) is 0 Å². The van der Waals surface area contributed by atoms with Crippen LogP contribution in [0.2, 0.25) is 0 Å². The maximum absolute atomic E-state index is 13.9. The molecular formula is C29H43F2N3O2. The number of aliphatic hydroxyl groups excluding tert-OH is 1. The number of benzene rings is 1. The highest BCUT2D eigenvalue weighted by molar-refractivity contribution is 5.73. The SMILES string of the molecule is C=C/C(=C\C(F)=C/CF)C[C@H](NC(C)=O)C(O)CNC1(c2cccc(C(C)(C)C)c2)CCC(N)CC1. The zero-order chi connectivity index (χ0) is 26.9. The first-order valence-electron chi connectivity index (χ1n) is 12.7. The summed E-state index contributed by atoms with van der Waals surface area (Å²) in [7, 11) is 0. The van der Waals surface area contributed by atoms with Crippen LogP contribution in [-0.2, 0) is 15.7 Å². The summed E-state index contributed by atoms with van der Waals surface area (Å²) in [5, 5.41) is 17.5. The lowest BCUT2D eigenvalue weighted by atomic mass is 9.73. The van der Waals surface area contributed by atoms with Crippen molar-refractivity contribution in [1.29, 1.82) is 0 Å². The third kappa shape index (κ3) is 8.64. The highest BCUT2D eigenvalue weighted by atomic mass is 19.1. The van der Waals surface area contributed by atoms with Crippen molar-refractivity contribution in [2.24, 2.45) is 5.73 Å². The van der Waals surface area contributed by atoms with Crippen LogP contribution in [0.1, 0.15) is 70.9 Å². The van der Waals surface area contributed by atoms with Crippen molar-refractivity contribution in [3.63, 3.8) is 0 Å². The lowest BCUT2D eigenvalue weighted by Gasteiger charge is -2.42. The molecule has 2 atom stereocenters. The number of hydrogen-bond donors (Lipinski definition) is 4. The fourth-order valence-corrected chi connectivity index (χ4v) is 4.74. The topological polar surface area (TPSA) is 87.4 Å². The van der Waals surface area contributed by atoms with Gasteiger partial charge in [-0.1, -0.05) is 57.7 Å². The largest absolute Gasteiger partial charge is 0.390 e. The van der Waals surface area contributed by atoms with E-state index >= 15 is 0 Å². The Morgan fingerprint density at radius 3 is 2.56 bits per heavy atom. The van der Waals surface area contributed by atoms with Crippen LogP contribution in [0, 0.1) is 0 Å². The molecule has 200 valence electrons. The van der Waals surface area contributed by atoms with Crippen LogP contribution < -0.4 is 16.4 Å². The van der Waals surface area contributed by atoms with Gasteiger partial charge in [-0.25, -0.2) is 8.78 Å². The highest BCUT2D eigenvalue weighted by Crippen LogP contribution is 2.38. The van der Waals surface area contributed by atoms with Crippen molar-refractivity contribution in [3.8, 4) is 0 Å². The van der Waals surface area contributed by atoms with E-state index in [-0.39, 0.29) is 35.9 Å². The Hall–Kier alpha value is -2.35. The molecule has 0 aromatic heterocycles. The van der Waals surface area contributed by atoms with Crippen LogP contribution in [0.4, 0.5) is 8.78 Å². The standard InChI is InChI=1S/C29H43F2N3O2/c1-6-21(16-24(31)12-15-30)17-26(34-20(2)35)27(36)19-33-29(13-10-25(32)11-14-29)23-9-7-8-22(18-23)28(3,4)5/h6-9,12,16,18,25-27,33,36H,1,10-11,13-15,17,19,32H2,2-5H3,(H,34,35)/b21-16+,24-12+/t25?,26-,27?,29?/m0/s1. The zero-order valence-electron chi connectivity index (χ0n) is 22.1. The Morgan fingerprint density at radius 1 is 1.33 bits per heavy atom. The molecule has 2 rings (SSSR count). The molecule has 5 N–H and O–H groups in total. The Labute approximate surface area is 214 Å². The van der Waals surface area contributed by atoms with E-state index in [9.17, 15) is 18.7 Å². The summed E-state index contributed by atoms with van der Waals surface area (Å²) in [4.78, 5) is 11.9. The van der Waals surface area contributed by atoms with Gasteiger partial charge in [0, 0.05) is 25.0 Å². The predicted octanol–water partition coefficient (Wildman–Crippen LogP) is 4.86. The molecule has 5 nitrogen and oxygen atoms in total. The van der Waals surface area contributed by atoms with Crippen molar-refractivity contribution in [3.05, 3.63) is 71.6 Å². The summed E-state index contributed by atoms with van der Waals surface area (Å²) in [6.45, 7) is 10.9. The number of carbonyl (C=O) groups excluding carboxylic acids is 1. The smallest absolute Gasteiger partial charge is 0.217 e. The molecule has 1 aliphatic carbocycles. The molecule has 7 heteroatoms. The van der Waals surface area contributed by atoms with Crippen molar-refractivity contribution in [2.45, 2.75) is 88.9 Å². The van der Waals surface area contributed by atoms with Gasteiger partial charge in [0.25, 0.3) is 0 Å². The minimum absolute atomic E-state index is 0.00240. The Bertz CT molecular complexity index is 944. The molecule has 0 saturated heterocycles. The maximum Gasteiger partial charge on any atom is 0.217 e. The number of nitrogens with two attached hydrogens (primary N) is 1. The fourth-order valence-electron chi connectivity index (χ4n) is 4.74. The van der Waals surface area contributed by atoms with Gasteiger partial charge in [0.15, 0.2) is 0 Å². The third-order valence-corrected chi connectivity index (χ3v) is 6.98. The van der Waals surface area contributed by atoms with E-state index in [2.05, 4.69) is 62.2 Å². The number of alkyl halides is 1. The van der Waals surface area contributed by atoms with Crippen LogP contribution in [0.25, 0.3) is 0 Å². The van der Waals surface area contributed by atoms with Gasteiger partial charge in [-0.05, 0) is 66.4 Å². The van der Waals surface area contributed by atoms with Crippen LogP contribution in [0.15, 0.2) is 60.5 Å². The molecule has 1 aliphatic rings. The second-order valence-electron chi connectivity index (χ2n) is 10.9. The molecule has 1 saturated carbocycles. The van der Waals surface area contributed by atoms with E-state index in [4.69, 9.17) is 5.73 Å². The molecule has 1 aromatic carbocycles. The number of hydrogen-bond acceptors (Lipinski definition) is 4. The average Bonchev–Trinajstić information content (AvgIpc) is 2.82. The fraction of sp³-hybridized carbons (Fsp3) is 0.552. The van der Waals surface area contributed by atoms with E-state index < -0.39 is 24.6 Å². The van der Waals surface area contributed by atoms with Gasteiger partial charge >= 0.3 is 0 Å². The maximum atomic E-state index is 13.9. The van der Waals surface area contributed by atoms with Crippen LogP contribution in [0.3, 0.4) is 0 Å². The van der Waals surface area contributed by atoms with E-state index in [1.807, 2.05) is 0 Å². The van der Waals surface area contributed by atoms with Gasteiger partial charge < -0.3 is 21.5 Å². The molecule has 0 spiro atoms. The number of carbonyl (C=O) groups is 1. The summed E-state index contributed by atoms with van der Waals surface area (Å²) in [5.41, 5.74) is 8.71. The highest BCUT2D eigenvalue weighted by Gasteiger charge is 2.37. The van der Waals surface area contributed by atoms with Gasteiger partial charge in [-0.2, -0.15) is 0 Å². The lowest BCUT2D eigenvalue weighted by molar-refractivity contribution is -0.120. The van der Waals surface area contributed by atoms with Gasteiger partial charge in [0.1, 0.15) is 12.5 Å². The van der Waals surface area contributed by atoms with Crippen LogP contribution in [0.5, 0.6) is 0 Å². The summed E-state index contributed by atoms with van der Waals surface area (Å²) in [6.07, 6.45) is 6.01. The van der Waals surface area contributed by atoms with E-state index in [1.165, 1.54) is 24.6 Å². The second-order valence-corrected chi connectivity index (χ2v) is 10.9. The van der Waals surface area contributed by atoms with Crippen LogP contribution >= 0.6 is 0 Å². The molecule has 0 bridgehead atoms. The first-order chi connectivity index (χ1) is 16.9. The average molecular weight is 504 g/mol. The molecule has 1 unspecified atom stereocenters. The van der Waals surface area contributed by atoms with E-state index in [0.29, 0.717) is 5.57 Å². The summed E-state index contributed by atoms with van der Waals surface area (Å²) >= 11 is 0. The molecular weight excluding hydrogens is 460 g/mol. The number of nitrogens with one attached hydrogen (secondary N) is 2. The van der Waals surface area contributed by atoms with Crippen molar-refractivity contribution in [2.75, 3.05) is 13.2 Å². The van der Waals surface area contributed by atoms with Crippen molar-refractivity contribution < 1.29 is 18.7 Å². The third-order valence-electron chi connectivity index (χ3n) is 6.98. The van der Waals surface area contributed by atoms with Gasteiger partial charge in [0.2, 0.25) is 5.91 Å². The minimum Gasteiger partial charge on any atom is -0.390 e. The van der Waals surface area contributed by atoms with Gasteiger partial charge in [-0.3, -0.25) is 4.79 Å².